The molecule has 27 nitrogen and oxygen atoms in total. The molecule has 0 saturated heterocycles. The molecular weight excluding hydrogens is 913 g/mol. The van der Waals surface area contributed by atoms with Gasteiger partial charge in [0.25, 0.3) is 23.6 Å². The third kappa shape index (κ3) is 14.4. The number of nitrogens with zero attached hydrogens (tertiary/aromatic N) is 9. The van der Waals surface area contributed by atoms with Crippen LogP contribution < -0.4 is 53.3 Å². The number of aromatic nitrogens is 8. The van der Waals surface area contributed by atoms with E-state index in [1.165, 1.54) is 51.5 Å². The Labute approximate surface area is 401 Å². The van der Waals surface area contributed by atoms with Gasteiger partial charge in [-0.05, 0) is 38.7 Å². The number of aryl methyl sites for hydroxylation is 5. The molecule has 0 aliphatic carbocycles. The summed E-state index contributed by atoms with van der Waals surface area (Å²) in [5.41, 5.74) is 13.2. The quantitative estimate of drug-likeness (QED) is 0.0308. The maximum absolute atomic E-state index is 13.4. The molecule has 0 bridgehead atoms. The summed E-state index contributed by atoms with van der Waals surface area (Å²) in [7, 11) is 10.1. The molecule has 5 rings (SSSR count). The van der Waals surface area contributed by atoms with Crippen molar-refractivity contribution in [2.45, 2.75) is 38.3 Å². The second-order valence-electron chi connectivity index (χ2n) is 16.4. The molecule has 70 heavy (non-hydrogen) atoms. The first-order chi connectivity index (χ1) is 33.2. The molecule has 0 spiro atoms. The number of carboxylic acids is 1. The van der Waals surface area contributed by atoms with Crippen molar-refractivity contribution in [2.24, 2.45) is 46.7 Å². The fraction of sp³-hybridized carbons (Fsp3) is 0.419. The van der Waals surface area contributed by atoms with Crippen molar-refractivity contribution in [3.05, 3.63) is 78.2 Å². The zero-order valence-corrected chi connectivity index (χ0v) is 39.9. The van der Waals surface area contributed by atoms with Gasteiger partial charge in [0.1, 0.15) is 23.8 Å². The normalized spacial score (nSPS) is 11.5. The lowest BCUT2D eigenvalue weighted by molar-refractivity contribution is -0.724. The highest BCUT2D eigenvalue weighted by Crippen LogP contribution is 2.17. The van der Waals surface area contributed by atoms with E-state index in [0.29, 0.717) is 24.5 Å². The molecule has 5 aromatic rings. The van der Waals surface area contributed by atoms with Crippen LogP contribution in [-0.4, -0.2) is 136 Å². The Morgan fingerprint density at radius 2 is 1.13 bits per heavy atom. The molecular formula is C43H61N18O9+. The number of carbonyl (C=O) groups excluding carboxylic acids is 7. The van der Waals surface area contributed by atoms with Gasteiger partial charge in [-0.15, -0.1) is 0 Å². The van der Waals surface area contributed by atoms with Gasteiger partial charge < -0.3 is 71.2 Å². The monoisotopic (exact) mass is 973 g/mol. The van der Waals surface area contributed by atoms with Gasteiger partial charge in [0.05, 0.1) is 24.8 Å². The van der Waals surface area contributed by atoms with Gasteiger partial charge in [-0.2, -0.15) is 0 Å². The summed E-state index contributed by atoms with van der Waals surface area (Å²) in [5, 5.41) is 27.2. The molecule has 376 valence electrons. The van der Waals surface area contributed by atoms with Crippen LogP contribution in [0.4, 0.5) is 23.0 Å². The van der Waals surface area contributed by atoms with Crippen LogP contribution in [0.5, 0.6) is 0 Å². The first kappa shape index (κ1) is 52.8. The summed E-state index contributed by atoms with van der Waals surface area (Å²) in [6.45, 7) is 1.98. The number of amides is 7. The predicted molar refractivity (Wildman–Crippen MR) is 254 cm³/mol. The Morgan fingerprint density at radius 1 is 0.643 bits per heavy atom. The highest BCUT2D eigenvalue weighted by atomic mass is 16.4. The van der Waals surface area contributed by atoms with E-state index in [4.69, 9.17) is 16.6 Å². The maximum atomic E-state index is 13.4. The van der Waals surface area contributed by atoms with Gasteiger partial charge in [-0.1, -0.05) is 0 Å². The van der Waals surface area contributed by atoms with E-state index in [1.54, 1.807) is 60.5 Å². The number of carbonyl (C=O) groups is 8. The van der Waals surface area contributed by atoms with E-state index in [-0.39, 0.29) is 79.3 Å². The molecule has 0 radical (unpaired) electrons. The molecule has 0 aliphatic heterocycles. The molecule has 5 aromatic heterocycles. The van der Waals surface area contributed by atoms with Crippen LogP contribution in [-0.2, 0) is 49.6 Å². The van der Waals surface area contributed by atoms with E-state index in [9.17, 15) is 38.4 Å². The van der Waals surface area contributed by atoms with Crippen LogP contribution in [0.2, 0.25) is 0 Å². The van der Waals surface area contributed by atoms with E-state index >= 15 is 0 Å². The molecule has 0 aliphatic rings. The van der Waals surface area contributed by atoms with Crippen molar-refractivity contribution in [3.63, 3.8) is 0 Å². The SMILES string of the molecule is CN(CCCN)CCC(N)[n+]1ccn(C)c1C(=O)Nc1cc(C(=O)NCCC(=O)Nc2cn(C)c(C(=O)Nc3cc(C(=O)NCCC(=O)Nc4cn(C)c(C(=O)NCCC(=O)O)n4)n(C)c3)n2)n(C)c1. The second kappa shape index (κ2) is 24.2. The number of anilines is 4. The van der Waals surface area contributed by atoms with Crippen molar-refractivity contribution in [1.29, 1.82) is 0 Å². The van der Waals surface area contributed by atoms with Gasteiger partial charge in [0, 0.05) is 98.4 Å². The Morgan fingerprint density at radius 3 is 1.64 bits per heavy atom. The first-order valence-electron chi connectivity index (χ1n) is 22.1. The Balaban J connectivity index is 1.04. The van der Waals surface area contributed by atoms with Crippen molar-refractivity contribution in [3.8, 4) is 0 Å². The Hall–Kier alpha value is -8.17. The van der Waals surface area contributed by atoms with Gasteiger partial charge in [-0.3, -0.25) is 44.1 Å². The maximum Gasteiger partial charge on any atom is 0.349 e. The van der Waals surface area contributed by atoms with Crippen LogP contribution in [0.25, 0.3) is 0 Å². The number of imidazole rings is 3. The minimum atomic E-state index is -1.07. The van der Waals surface area contributed by atoms with Crippen molar-refractivity contribution < 1.29 is 48.0 Å². The van der Waals surface area contributed by atoms with E-state index < -0.39 is 53.5 Å². The third-order valence-electron chi connectivity index (χ3n) is 10.7. The molecule has 5 heterocycles. The van der Waals surface area contributed by atoms with Crippen LogP contribution >= 0.6 is 0 Å². The predicted octanol–water partition coefficient (Wildman–Crippen LogP) is -1.19. The average Bonchev–Trinajstić information content (AvgIpc) is 4.12. The number of hydrogen-bond donors (Lipinski definition) is 10. The van der Waals surface area contributed by atoms with Crippen molar-refractivity contribution >= 4 is 70.3 Å². The lowest BCUT2D eigenvalue weighted by Crippen LogP contribution is -2.50. The fourth-order valence-electron chi connectivity index (χ4n) is 7.10. The zero-order valence-electron chi connectivity index (χ0n) is 39.9. The Bertz CT molecular complexity index is 2730. The fourth-order valence-corrected chi connectivity index (χ4v) is 7.10. The van der Waals surface area contributed by atoms with E-state index in [2.05, 4.69) is 52.1 Å². The first-order valence-corrected chi connectivity index (χ1v) is 22.1. The van der Waals surface area contributed by atoms with Gasteiger partial charge in [0.2, 0.25) is 23.5 Å². The number of nitrogens with one attached hydrogen (secondary N) is 7. The molecule has 0 fully saturated rings. The number of aliphatic carboxylic acids is 1. The van der Waals surface area contributed by atoms with Crippen LogP contribution in [0.1, 0.15) is 91.1 Å². The van der Waals surface area contributed by atoms with Crippen LogP contribution in [0, 0.1) is 0 Å². The second-order valence-corrected chi connectivity index (χ2v) is 16.4. The lowest BCUT2D eigenvalue weighted by Gasteiger charge is -2.18. The molecule has 0 aromatic carbocycles. The number of rotatable bonds is 25. The molecule has 0 saturated carbocycles. The number of hydrogen-bond acceptors (Lipinski definition) is 13. The molecule has 1 unspecified atom stereocenters. The molecule has 12 N–H and O–H groups in total. The summed E-state index contributed by atoms with van der Waals surface area (Å²) in [6.07, 6.45) is 9.94. The minimum absolute atomic E-state index is 0.0364. The highest BCUT2D eigenvalue weighted by molar-refractivity contribution is 6.04. The summed E-state index contributed by atoms with van der Waals surface area (Å²) in [4.78, 5) is 112. The van der Waals surface area contributed by atoms with Crippen molar-refractivity contribution in [1.82, 2.24) is 53.7 Å². The highest BCUT2D eigenvalue weighted by Gasteiger charge is 2.28. The largest absolute Gasteiger partial charge is 0.481 e. The average molecular weight is 974 g/mol. The zero-order chi connectivity index (χ0) is 51.2. The molecule has 7 amide bonds. The summed E-state index contributed by atoms with van der Waals surface area (Å²) in [6, 6.07) is 2.95. The summed E-state index contributed by atoms with van der Waals surface area (Å²) >= 11 is 0. The number of carboxylic acid groups (broad SMARTS) is 1. The molecule has 1 atom stereocenters. The van der Waals surface area contributed by atoms with Crippen LogP contribution in [0.3, 0.4) is 0 Å². The summed E-state index contributed by atoms with van der Waals surface area (Å²) in [5.74, 6) is -4.32. The minimum Gasteiger partial charge on any atom is -0.481 e. The number of nitrogens with two attached hydrogens (primary N) is 2. The van der Waals surface area contributed by atoms with E-state index in [0.717, 1.165) is 19.5 Å². The smallest absolute Gasteiger partial charge is 0.349 e. The van der Waals surface area contributed by atoms with Crippen LogP contribution in [0.15, 0.2) is 49.3 Å². The van der Waals surface area contributed by atoms with Gasteiger partial charge in [0.15, 0.2) is 17.8 Å². The lowest BCUT2D eigenvalue weighted by atomic mass is 10.3. The van der Waals surface area contributed by atoms with E-state index in [1.807, 2.05) is 7.05 Å². The van der Waals surface area contributed by atoms with Gasteiger partial charge in [-0.25, -0.2) is 19.1 Å². The summed E-state index contributed by atoms with van der Waals surface area (Å²) < 4.78 is 9.18. The molecule has 27 heteroatoms. The third-order valence-corrected chi connectivity index (χ3v) is 10.7. The standard InChI is InChI=1S/C43H60N18O9/c1-55(16-7-12-44)17-11-30(45)61-19-18-56(2)43(61)42(70)50-27-21-29(58(4)23-27)39(67)47-14-9-34(63)52-32-25-60(6)37(54-32)41(69)49-26-20-28(57(3)22-26)38(66)46-13-8-33(62)51-31-24-59(5)36(53-31)40(68)48-15-10-35(64)65/h18-25,30H,7-17,44-45H2,1-6H3,(H7-,46,47,48,49,50,51,52,62,63,64,65,66,67,68,69,70)/p+1. The van der Waals surface area contributed by atoms with Crippen molar-refractivity contribution in [2.75, 3.05) is 67.6 Å². The topological polar surface area (TPSA) is 351 Å². The Kier molecular flexibility index (Phi) is 18.3. The van der Waals surface area contributed by atoms with Gasteiger partial charge >= 0.3 is 17.7 Å².